The molecule has 0 radical (unpaired) electrons. The van der Waals surface area contributed by atoms with Gasteiger partial charge in [0.25, 0.3) is 0 Å². The van der Waals surface area contributed by atoms with Crippen molar-refractivity contribution in [3.05, 3.63) is 63.1 Å². The highest BCUT2D eigenvalue weighted by Crippen LogP contribution is 2.34. The molecule has 2 heterocycles. The molecule has 0 bridgehead atoms. The number of halogens is 2. The van der Waals surface area contributed by atoms with E-state index < -0.39 is 15.1 Å². The third kappa shape index (κ3) is 5.40. The number of rotatable bonds is 7. The van der Waals surface area contributed by atoms with Gasteiger partial charge in [0.2, 0.25) is 0 Å². The quantitative estimate of drug-likeness (QED) is 0.404. The molecule has 0 unspecified atom stereocenters. The fourth-order valence-corrected chi connectivity index (χ4v) is 7.18. The van der Waals surface area contributed by atoms with Crippen molar-refractivity contribution in [3.8, 4) is 11.5 Å². The zero-order chi connectivity index (χ0) is 23.6. The van der Waals surface area contributed by atoms with Crippen LogP contribution in [0.1, 0.15) is 24.1 Å². The Morgan fingerprint density at radius 2 is 1.70 bits per heavy atom. The zero-order valence-electron chi connectivity index (χ0n) is 18.3. The van der Waals surface area contributed by atoms with Crippen molar-refractivity contribution in [3.63, 3.8) is 0 Å². The average Bonchev–Trinajstić information content (AvgIpc) is 3.26. The lowest BCUT2D eigenvalue weighted by Gasteiger charge is -2.31. The second kappa shape index (κ2) is 10.1. The molecule has 176 valence electrons. The van der Waals surface area contributed by atoms with E-state index in [9.17, 15) is 8.42 Å². The molecule has 1 fully saturated rings. The number of ether oxygens (including phenoxy) is 2. The summed E-state index contributed by atoms with van der Waals surface area (Å²) in [4.78, 5) is 7.17. The summed E-state index contributed by atoms with van der Waals surface area (Å²) in [5.74, 6) is 0.915. The number of hydrogen-bond acceptors (Lipinski definition) is 7. The van der Waals surface area contributed by atoms with Gasteiger partial charge < -0.3 is 14.4 Å². The summed E-state index contributed by atoms with van der Waals surface area (Å²) < 4.78 is 36.9. The smallest absolute Gasteiger partial charge is 0.185 e. The molecular weight excluding hydrogens is 503 g/mol. The van der Waals surface area contributed by atoms with Crippen molar-refractivity contribution in [1.29, 1.82) is 0 Å². The summed E-state index contributed by atoms with van der Waals surface area (Å²) in [7, 11) is -0.453. The maximum absolute atomic E-state index is 13.2. The molecule has 1 aliphatic heterocycles. The maximum atomic E-state index is 13.2. The van der Waals surface area contributed by atoms with Crippen LogP contribution in [0.4, 0.5) is 5.13 Å². The summed E-state index contributed by atoms with van der Waals surface area (Å²) >= 11 is 13.8. The van der Waals surface area contributed by atoms with Gasteiger partial charge in [-0.05, 0) is 48.7 Å². The zero-order valence-corrected chi connectivity index (χ0v) is 21.4. The number of piperidine rings is 1. The van der Waals surface area contributed by atoms with Gasteiger partial charge in [0, 0.05) is 41.0 Å². The lowest BCUT2D eigenvalue weighted by atomic mass is 10.1. The molecule has 2 aromatic carbocycles. The first-order valence-corrected chi connectivity index (χ1v) is 13.6. The van der Waals surface area contributed by atoms with Crippen LogP contribution in [0, 0.1) is 0 Å². The fraction of sp³-hybridized carbons (Fsp3) is 0.348. The molecule has 1 saturated heterocycles. The molecule has 3 aromatic rings. The minimum absolute atomic E-state index is 0.260. The van der Waals surface area contributed by atoms with Crippen molar-refractivity contribution < 1.29 is 17.9 Å². The Kier molecular flexibility index (Phi) is 7.38. The van der Waals surface area contributed by atoms with E-state index in [4.69, 9.17) is 37.7 Å². The van der Waals surface area contributed by atoms with Gasteiger partial charge in [0.1, 0.15) is 0 Å². The van der Waals surface area contributed by atoms with Crippen LogP contribution in [0.25, 0.3) is 0 Å². The van der Waals surface area contributed by atoms with E-state index >= 15 is 0 Å². The Bertz CT molecular complexity index is 1220. The Morgan fingerprint density at radius 1 is 1.03 bits per heavy atom. The molecule has 33 heavy (non-hydrogen) atoms. The van der Waals surface area contributed by atoms with Crippen LogP contribution in [0.3, 0.4) is 0 Å². The third-order valence-electron chi connectivity index (χ3n) is 5.68. The minimum Gasteiger partial charge on any atom is -0.493 e. The van der Waals surface area contributed by atoms with Crippen molar-refractivity contribution in [1.82, 2.24) is 4.98 Å². The molecule has 4 rings (SSSR count). The highest BCUT2D eigenvalue weighted by atomic mass is 35.5. The van der Waals surface area contributed by atoms with Crippen LogP contribution in [0.5, 0.6) is 11.5 Å². The van der Waals surface area contributed by atoms with Crippen LogP contribution < -0.4 is 14.4 Å². The second-order valence-electron chi connectivity index (χ2n) is 7.82. The minimum atomic E-state index is -3.47. The van der Waals surface area contributed by atoms with E-state index in [1.165, 1.54) is 20.3 Å². The Morgan fingerprint density at radius 3 is 2.33 bits per heavy atom. The summed E-state index contributed by atoms with van der Waals surface area (Å²) in [6.45, 7) is 1.26. The van der Waals surface area contributed by atoms with E-state index in [1.54, 1.807) is 29.5 Å². The predicted octanol–water partition coefficient (Wildman–Crippen LogP) is 5.50. The van der Waals surface area contributed by atoms with E-state index in [0.29, 0.717) is 53.9 Å². The first-order valence-electron chi connectivity index (χ1n) is 10.4. The number of hydrogen-bond donors (Lipinski definition) is 0. The number of thiazole rings is 1. The van der Waals surface area contributed by atoms with Crippen LogP contribution in [0.15, 0.2) is 46.7 Å². The van der Waals surface area contributed by atoms with E-state index in [1.807, 2.05) is 17.5 Å². The fourth-order valence-electron chi connectivity index (χ4n) is 3.99. The summed E-state index contributed by atoms with van der Waals surface area (Å²) in [5, 5.41) is 3.69. The van der Waals surface area contributed by atoms with Crippen LogP contribution >= 0.6 is 34.5 Å². The number of sulfone groups is 1. The standard InChI is InChI=1S/C23H24Cl2N2O4S2/c1-30-21-4-3-20(13-22(21)31-2)33(28,29)19-5-7-27(8-6-19)23-26-18(14-32-23)11-15-9-16(24)12-17(25)10-15/h3-4,9-10,12-14,19H,5-8,11H2,1-2H3. The second-order valence-corrected chi connectivity index (χ2v) is 11.8. The van der Waals surface area contributed by atoms with Gasteiger partial charge in [-0.2, -0.15) is 0 Å². The lowest BCUT2D eigenvalue weighted by Crippen LogP contribution is -2.39. The van der Waals surface area contributed by atoms with Crippen molar-refractivity contribution in [2.24, 2.45) is 0 Å². The molecule has 1 aliphatic rings. The normalized spacial score (nSPS) is 15.0. The molecule has 0 atom stereocenters. The number of aromatic nitrogens is 1. The Balaban J connectivity index is 1.42. The monoisotopic (exact) mass is 526 g/mol. The Labute approximate surface area is 208 Å². The molecule has 0 amide bonds. The molecule has 1 aromatic heterocycles. The SMILES string of the molecule is COc1ccc(S(=O)(=O)C2CCN(c3nc(Cc4cc(Cl)cc(Cl)c4)cs3)CC2)cc1OC. The molecule has 6 nitrogen and oxygen atoms in total. The molecule has 10 heteroatoms. The predicted molar refractivity (Wildman–Crippen MR) is 133 cm³/mol. The van der Waals surface area contributed by atoms with Gasteiger partial charge in [-0.25, -0.2) is 13.4 Å². The van der Waals surface area contributed by atoms with Crippen LogP contribution in [-0.4, -0.2) is 46.0 Å². The van der Waals surface area contributed by atoms with Gasteiger partial charge in [-0.1, -0.05) is 23.2 Å². The molecule has 0 saturated carbocycles. The number of benzene rings is 2. The van der Waals surface area contributed by atoms with Crippen molar-refractivity contribution in [2.45, 2.75) is 29.4 Å². The van der Waals surface area contributed by atoms with E-state index in [2.05, 4.69) is 4.90 Å². The van der Waals surface area contributed by atoms with E-state index in [0.717, 1.165) is 16.4 Å². The first-order chi connectivity index (χ1) is 15.8. The van der Waals surface area contributed by atoms with Crippen LogP contribution in [-0.2, 0) is 16.3 Å². The molecule has 0 aliphatic carbocycles. The molecular formula is C23H24Cl2N2O4S2. The first kappa shape index (κ1) is 24.1. The lowest BCUT2D eigenvalue weighted by molar-refractivity contribution is 0.354. The largest absolute Gasteiger partial charge is 0.493 e. The maximum Gasteiger partial charge on any atom is 0.185 e. The van der Waals surface area contributed by atoms with Gasteiger partial charge in [-0.3, -0.25) is 0 Å². The third-order valence-corrected chi connectivity index (χ3v) is 9.33. The molecule has 0 N–H and O–H groups in total. The van der Waals surface area contributed by atoms with Crippen LogP contribution in [0.2, 0.25) is 10.0 Å². The average molecular weight is 527 g/mol. The summed E-state index contributed by atoms with van der Waals surface area (Å²) in [6, 6.07) is 10.2. The summed E-state index contributed by atoms with van der Waals surface area (Å²) in [6.07, 6.45) is 1.71. The van der Waals surface area contributed by atoms with Crippen molar-refractivity contribution >= 4 is 49.5 Å². The van der Waals surface area contributed by atoms with Gasteiger partial charge in [0.15, 0.2) is 26.5 Å². The Hall–Kier alpha value is -2.00. The number of anilines is 1. The van der Waals surface area contributed by atoms with Gasteiger partial charge in [0.05, 0.1) is 30.1 Å². The van der Waals surface area contributed by atoms with E-state index in [-0.39, 0.29) is 4.90 Å². The van der Waals surface area contributed by atoms with Gasteiger partial charge >= 0.3 is 0 Å². The highest BCUT2D eigenvalue weighted by molar-refractivity contribution is 7.92. The highest BCUT2D eigenvalue weighted by Gasteiger charge is 2.32. The van der Waals surface area contributed by atoms with Crippen molar-refractivity contribution in [2.75, 3.05) is 32.2 Å². The topological polar surface area (TPSA) is 68.7 Å². The summed E-state index contributed by atoms with van der Waals surface area (Å²) in [5.41, 5.74) is 1.94. The molecule has 0 spiro atoms. The van der Waals surface area contributed by atoms with Gasteiger partial charge in [-0.15, -0.1) is 11.3 Å². The number of nitrogens with zero attached hydrogens (tertiary/aromatic N) is 2. The number of methoxy groups -OCH3 is 2.